The maximum atomic E-state index is 10.8. The lowest BCUT2D eigenvalue weighted by Gasteiger charge is -2.35. The van der Waals surface area contributed by atoms with Crippen LogP contribution in [0, 0.1) is 16.7 Å². The molecule has 1 N–H and O–H groups in total. The summed E-state index contributed by atoms with van der Waals surface area (Å²) in [5.74, 6) is 0. The highest BCUT2D eigenvalue weighted by Gasteiger charge is 2.41. The van der Waals surface area contributed by atoms with Crippen LogP contribution in [0.1, 0.15) is 24.5 Å². The minimum absolute atomic E-state index is 0.537. The summed E-state index contributed by atoms with van der Waals surface area (Å²) in [5.41, 5.74) is 0.106. The molecule has 102 valence electrons. The number of nitriles is 1. The Bertz CT molecular complexity index is 648. The van der Waals surface area contributed by atoms with Crippen LogP contribution in [0.3, 0.4) is 0 Å². The molecular formula is C17H17NO2. The molecule has 1 aliphatic rings. The van der Waals surface area contributed by atoms with Crippen molar-refractivity contribution in [3.05, 3.63) is 48.0 Å². The number of ether oxygens (including phenoxy) is 1. The lowest BCUT2D eigenvalue weighted by Crippen LogP contribution is -2.34. The molecule has 2 aromatic rings. The van der Waals surface area contributed by atoms with E-state index in [0.717, 1.165) is 16.3 Å². The number of hydrogen-bond acceptors (Lipinski definition) is 3. The molecule has 0 saturated carbocycles. The molecule has 1 aliphatic heterocycles. The average Bonchev–Trinajstić information content (AvgIpc) is 2.54. The zero-order valence-corrected chi connectivity index (χ0v) is 11.2. The fourth-order valence-corrected chi connectivity index (χ4v) is 2.97. The smallest absolute Gasteiger partial charge is 0.0984 e. The zero-order chi connectivity index (χ0) is 14.0. The molecule has 3 nitrogen and oxygen atoms in total. The average molecular weight is 267 g/mol. The highest BCUT2D eigenvalue weighted by Crippen LogP contribution is 2.43. The molecule has 0 aliphatic carbocycles. The molecule has 0 spiro atoms. The molecule has 0 aromatic heterocycles. The number of rotatable bonds is 2. The normalized spacial score (nSPS) is 19.4. The van der Waals surface area contributed by atoms with Gasteiger partial charge in [0.1, 0.15) is 0 Å². The monoisotopic (exact) mass is 267 g/mol. The molecule has 1 heterocycles. The molecule has 3 heteroatoms. The highest BCUT2D eigenvalue weighted by molar-refractivity contribution is 5.86. The predicted octanol–water partition coefficient (Wildman–Crippen LogP) is 3.19. The summed E-state index contributed by atoms with van der Waals surface area (Å²) < 4.78 is 5.34. The van der Waals surface area contributed by atoms with Gasteiger partial charge in [-0.25, -0.2) is 0 Å². The van der Waals surface area contributed by atoms with Crippen molar-refractivity contribution in [2.24, 2.45) is 5.41 Å². The molecule has 20 heavy (non-hydrogen) atoms. The summed E-state index contributed by atoms with van der Waals surface area (Å²) in [6.07, 6.45) is 0.379. The summed E-state index contributed by atoms with van der Waals surface area (Å²) in [5, 5.41) is 22.5. The van der Waals surface area contributed by atoms with Crippen molar-refractivity contribution in [2.75, 3.05) is 13.2 Å². The van der Waals surface area contributed by atoms with Gasteiger partial charge in [-0.05, 0) is 29.2 Å². The van der Waals surface area contributed by atoms with Crippen molar-refractivity contribution in [2.45, 2.75) is 18.9 Å². The summed E-state index contributed by atoms with van der Waals surface area (Å²) in [6, 6.07) is 16.2. The minimum atomic E-state index is -0.775. The number of aliphatic hydroxyl groups is 1. The molecule has 1 atom stereocenters. The van der Waals surface area contributed by atoms with Crippen LogP contribution in [-0.2, 0) is 4.74 Å². The van der Waals surface area contributed by atoms with Crippen LogP contribution in [0.5, 0.6) is 0 Å². The van der Waals surface area contributed by atoms with Crippen molar-refractivity contribution < 1.29 is 9.84 Å². The Morgan fingerprint density at radius 1 is 1.10 bits per heavy atom. The lowest BCUT2D eigenvalue weighted by molar-refractivity contribution is -0.0304. The summed E-state index contributed by atoms with van der Waals surface area (Å²) in [7, 11) is 0. The third-order valence-corrected chi connectivity index (χ3v) is 4.25. The molecule has 2 aromatic carbocycles. The third-order valence-electron chi connectivity index (χ3n) is 4.25. The fourth-order valence-electron chi connectivity index (χ4n) is 2.97. The van der Waals surface area contributed by atoms with E-state index in [1.54, 1.807) is 0 Å². The van der Waals surface area contributed by atoms with E-state index in [9.17, 15) is 10.4 Å². The van der Waals surface area contributed by atoms with Crippen molar-refractivity contribution in [1.29, 1.82) is 5.26 Å². The van der Waals surface area contributed by atoms with Gasteiger partial charge in [-0.2, -0.15) is 5.26 Å². The maximum absolute atomic E-state index is 10.8. The van der Waals surface area contributed by atoms with E-state index < -0.39 is 11.5 Å². The topological polar surface area (TPSA) is 53.2 Å². The Balaban J connectivity index is 2.08. The Morgan fingerprint density at radius 3 is 2.55 bits per heavy atom. The maximum Gasteiger partial charge on any atom is 0.0984 e. The van der Waals surface area contributed by atoms with Crippen LogP contribution in [0.2, 0.25) is 0 Å². The lowest BCUT2D eigenvalue weighted by atomic mass is 9.73. The first kappa shape index (κ1) is 13.1. The number of aliphatic hydroxyl groups excluding tert-OH is 1. The molecule has 1 saturated heterocycles. The van der Waals surface area contributed by atoms with Crippen molar-refractivity contribution >= 4 is 10.8 Å². The molecule has 0 amide bonds. The van der Waals surface area contributed by atoms with Crippen molar-refractivity contribution in [3.8, 4) is 6.07 Å². The van der Waals surface area contributed by atoms with Gasteiger partial charge in [-0.1, -0.05) is 42.5 Å². The second-order valence-corrected chi connectivity index (χ2v) is 5.35. The van der Waals surface area contributed by atoms with Crippen LogP contribution < -0.4 is 0 Å². The fraction of sp³-hybridized carbons (Fsp3) is 0.353. The Hall–Kier alpha value is -1.89. The molecule has 1 fully saturated rings. The Kier molecular flexibility index (Phi) is 3.43. The van der Waals surface area contributed by atoms with Gasteiger partial charge in [-0.15, -0.1) is 0 Å². The minimum Gasteiger partial charge on any atom is -0.387 e. The second kappa shape index (κ2) is 5.24. The van der Waals surface area contributed by atoms with Gasteiger partial charge in [0.25, 0.3) is 0 Å². The summed E-state index contributed by atoms with van der Waals surface area (Å²) in [4.78, 5) is 0. The summed E-state index contributed by atoms with van der Waals surface area (Å²) >= 11 is 0. The van der Waals surface area contributed by atoms with Crippen LogP contribution in [0.25, 0.3) is 10.8 Å². The van der Waals surface area contributed by atoms with Crippen molar-refractivity contribution in [3.63, 3.8) is 0 Å². The summed E-state index contributed by atoms with van der Waals surface area (Å²) in [6.45, 7) is 1.07. The number of nitrogens with zero attached hydrogens (tertiary/aromatic N) is 1. The SMILES string of the molecule is N#CC1(C(O)c2cccc3ccccc23)CCOCC1. The van der Waals surface area contributed by atoms with Crippen LogP contribution >= 0.6 is 0 Å². The number of benzene rings is 2. The molecule has 3 rings (SSSR count). The van der Waals surface area contributed by atoms with Gasteiger partial charge >= 0.3 is 0 Å². The van der Waals surface area contributed by atoms with Gasteiger partial charge < -0.3 is 9.84 Å². The first-order valence-electron chi connectivity index (χ1n) is 6.91. The van der Waals surface area contributed by atoms with E-state index in [0.29, 0.717) is 26.1 Å². The predicted molar refractivity (Wildman–Crippen MR) is 77.0 cm³/mol. The zero-order valence-electron chi connectivity index (χ0n) is 11.2. The largest absolute Gasteiger partial charge is 0.387 e. The van der Waals surface area contributed by atoms with E-state index >= 15 is 0 Å². The molecule has 1 unspecified atom stereocenters. The second-order valence-electron chi connectivity index (χ2n) is 5.35. The molecule has 0 radical (unpaired) electrons. The highest BCUT2D eigenvalue weighted by atomic mass is 16.5. The number of fused-ring (bicyclic) bond motifs is 1. The quantitative estimate of drug-likeness (QED) is 0.909. The van der Waals surface area contributed by atoms with E-state index in [1.165, 1.54) is 0 Å². The first-order chi connectivity index (χ1) is 9.77. The van der Waals surface area contributed by atoms with Gasteiger partial charge in [0.15, 0.2) is 0 Å². The van der Waals surface area contributed by atoms with Crippen LogP contribution in [0.15, 0.2) is 42.5 Å². The third kappa shape index (κ3) is 2.07. The van der Waals surface area contributed by atoms with Gasteiger partial charge in [0.2, 0.25) is 0 Å². The molecule has 0 bridgehead atoms. The standard InChI is InChI=1S/C17H17NO2/c18-12-17(8-10-20-11-9-17)16(19)15-7-3-5-13-4-1-2-6-14(13)15/h1-7,16,19H,8-11H2. The van der Waals surface area contributed by atoms with E-state index in [2.05, 4.69) is 6.07 Å². The Morgan fingerprint density at radius 2 is 1.80 bits per heavy atom. The van der Waals surface area contributed by atoms with Gasteiger partial charge in [-0.3, -0.25) is 0 Å². The van der Waals surface area contributed by atoms with E-state index in [4.69, 9.17) is 4.74 Å². The number of hydrogen-bond donors (Lipinski definition) is 1. The van der Waals surface area contributed by atoms with Crippen LogP contribution in [0.4, 0.5) is 0 Å². The Labute approximate surface area is 118 Å². The van der Waals surface area contributed by atoms with Crippen molar-refractivity contribution in [1.82, 2.24) is 0 Å². The van der Waals surface area contributed by atoms with E-state index in [-0.39, 0.29) is 0 Å². The van der Waals surface area contributed by atoms with Gasteiger partial charge in [0, 0.05) is 13.2 Å². The first-order valence-corrected chi connectivity index (χ1v) is 6.91. The van der Waals surface area contributed by atoms with E-state index in [1.807, 2.05) is 42.5 Å². The van der Waals surface area contributed by atoms with Crippen LogP contribution in [-0.4, -0.2) is 18.3 Å². The van der Waals surface area contributed by atoms with Gasteiger partial charge in [0.05, 0.1) is 17.6 Å². The molecular weight excluding hydrogens is 250 g/mol.